The van der Waals surface area contributed by atoms with Gasteiger partial charge in [0, 0.05) is 25.3 Å². The van der Waals surface area contributed by atoms with E-state index < -0.39 is 6.04 Å². The Morgan fingerprint density at radius 2 is 1.87 bits per heavy atom. The normalized spacial score (nSPS) is 16.0. The molecule has 1 fully saturated rings. The Hall–Kier alpha value is -1.17. The van der Waals surface area contributed by atoms with Crippen LogP contribution in [0.15, 0.2) is 12.1 Å². The summed E-state index contributed by atoms with van der Waals surface area (Å²) in [6.07, 6.45) is 0.509. The minimum atomic E-state index is -0.405. The third kappa shape index (κ3) is 5.75. The molecule has 0 saturated carbocycles. The molecular weight excluding hydrogens is 339 g/mol. The molecule has 3 N–H and O–H groups in total. The van der Waals surface area contributed by atoms with Crippen molar-refractivity contribution in [1.82, 2.24) is 10.2 Å². The summed E-state index contributed by atoms with van der Waals surface area (Å²) in [5.41, 5.74) is 0.425. The van der Waals surface area contributed by atoms with Crippen molar-refractivity contribution in [2.75, 3.05) is 19.7 Å². The smallest absolute Gasteiger partial charge is 0.318 e. The van der Waals surface area contributed by atoms with E-state index in [0.717, 1.165) is 0 Å². The van der Waals surface area contributed by atoms with Gasteiger partial charge in [-0.1, -0.05) is 50.9 Å². The maximum atomic E-state index is 11.7. The molecule has 0 aromatic heterocycles. The third-order valence-electron chi connectivity index (χ3n) is 3.03. The molecule has 5 nitrogen and oxygen atoms in total. The number of hydrogen-bond donors (Lipinski definition) is 3. The van der Waals surface area contributed by atoms with E-state index in [4.69, 9.17) is 28.3 Å². The Labute approximate surface area is 148 Å². The first-order valence-electron chi connectivity index (χ1n) is 7.87. The van der Waals surface area contributed by atoms with Crippen molar-refractivity contribution in [2.24, 2.45) is 0 Å². The Kier molecular flexibility index (Phi) is 10.8. The fourth-order valence-electron chi connectivity index (χ4n) is 2.09. The number of carbonyl (C=O) groups is 1. The van der Waals surface area contributed by atoms with Crippen molar-refractivity contribution in [1.29, 1.82) is 0 Å². The molecule has 0 spiro atoms. The number of aromatic hydroxyl groups is 1. The van der Waals surface area contributed by atoms with Gasteiger partial charge in [-0.05, 0) is 18.6 Å². The third-order valence-corrected chi connectivity index (χ3v) is 3.85. The zero-order valence-electron chi connectivity index (χ0n) is 14.1. The van der Waals surface area contributed by atoms with Crippen molar-refractivity contribution in [3.8, 4) is 5.75 Å². The highest BCUT2D eigenvalue weighted by atomic mass is 35.5. The lowest BCUT2D eigenvalue weighted by atomic mass is 10.1. The molecule has 1 aliphatic heterocycles. The second-order valence-electron chi connectivity index (χ2n) is 4.32. The molecular formula is C16H26Cl2N2O3. The van der Waals surface area contributed by atoms with Crippen LogP contribution in [0.1, 0.15) is 45.7 Å². The number of nitrogens with zero attached hydrogens (tertiary/aromatic N) is 1. The monoisotopic (exact) mass is 364 g/mol. The maximum absolute atomic E-state index is 11.7. The lowest BCUT2D eigenvalue weighted by Crippen LogP contribution is -2.29. The standard InChI is InChI=1S/C12H14Cl2N2O3.2C2H6/c13-7-2-3-9(18)10(11(7)14)8-6-16(4-1-5-17)12(19)15-8;2*1-2/h2-3,8,17-18H,1,4-6H2,(H,15,19);2*1-2H3. The topological polar surface area (TPSA) is 72.8 Å². The summed E-state index contributed by atoms with van der Waals surface area (Å²) in [6, 6.07) is 2.31. The van der Waals surface area contributed by atoms with Crippen molar-refractivity contribution in [3.63, 3.8) is 0 Å². The average Bonchev–Trinajstić information content (AvgIpc) is 2.94. The second-order valence-corrected chi connectivity index (χ2v) is 5.10. The van der Waals surface area contributed by atoms with Crippen LogP contribution in [-0.2, 0) is 0 Å². The van der Waals surface area contributed by atoms with Gasteiger partial charge in [-0.2, -0.15) is 0 Å². The molecule has 2 rings (SSSR count). The van der Waals surface area contributed by atoms with Crippen LogP contribution in [0.5, 0.6) is 5.75 Å². The summed E-state index contributed by atoms with van der Waals surface area (Å²) in [7, 11) is 0. The summed E-state index contributed by atoms with van der Waals surface area (Å²) >= 11 is 12.0. The van der Waals surface area contributed by atoms with Crippen molar-refractivity contribution in [2.45, 2.75) is 40.2 Å². The van der Waals surface area contributed by atoms with Gasteiger partial charge < -0.3 is 20.4 Å². The maximum Gasteiger partial charge on any atom is 0.318 e. The number of aliphatic hydroxyl groups is 1. The Morgan fingerprint density at radius 3 is 2.43 bits per heavy atom. The summed E-state index contributed by atoms with van der Waals surface area (Å²) in [5.74, 6) is 0.00343. The van der Waals surface area contributed by atoms with Crippen LogP contribution in [0.4, 0.5) is 4.79 Å². The molecule has 7 heteroatoms. The minimum absolute atomic E-state index is 0.00343. The number of hydrogen-bond acceptors (Lipinski definition) is 3. The zero-order valence-corrected chi connectivity index (χ0v) is 15.6. The predicted octanol–water partition coefficient (Wildman–Crippen LogP) is 4.20. The predicted molar refractivity (Wildman–Crippen MR) is 95.4 cm³/mol. The number of carbonyl (C=O) groups excluding carboxylic acids is 1. The van der Waals surface area contributed by atoms with Crippen LogP contribution < -0.4 is 5.32 Å². The molecule has 1 atom stereocenters. The van der Waals surface area contributed by atoms with E-state index in [0.29, 0.717) is 30.1 Å². The molecule has 0 aliphatic carbocycles. The highest BCUT2D eigenvalue weighted by molar-refractivity contribution is 6.42. The molecule has 0 radical (unpaired) electrons. The van der Waals surface area contributed by atoms with Crippen LogP contribution in [0.3, 0.4) is 0 Å². The van der Waals surface area contributed by atoms with Gasteiger partial charge in [0.1, 0.15) is 5.75 Å². The largest absolute Gasteiger partial charge is 0.508 e. The van der Waals surface area contributed by atoms with E-state index in [1.165, 1.54) is 12.1 Å². The van der Waals surface area contributed by atoms with Crippen LogP contribution in [0.2, 0.25) is 10.0 Å². The van der Waals surface area contributed by atoms with Gasteiger partial charge in [-0.15, -0.1) is 0 Å². The molecule has 1 heterocycles. The summed E-state index contributed by atoms with van der Waals surface area (Å²) in [4.78, 5) is 13.3. The Morgan fingerprint density at radius 1 is 1.26 bits per heavy atom. The SMILES string of the molecule is CC.CC.O=C1NC(c2c(O)ccc(Cl)c2Cl)CN1CCCO. The fourth-order valence-corrected chi connectivity index (χ4v) is 2.55. The minimum Gasteiger partial charge on any atom is -0.508 e. The van der Waals surface area contributed by atoms with Gasteiger partial charge in [-0.3, -0.25) is 0 Å². The zero-order chi connectivity index (χ0) is 18.0. The first-order valence-corrected chi connectivity index (χ1v) is 8.63. The van der Waals surface area contributed by atoms with Crippen LogP contribution in [0, 0.1) is 0 Å². The van der Waals surface area contributed by atoms with Gasteiger partial charge in [0.2, 0.25) is 0 Å². The van der Waals surface area contributed by atoms with Gasteiger partial charge in [0.15, 0.2) is 0 Å². The lowest BCUT2D eigenvalue weighted by molar-refractivity contribution is 0.209. The number of halogens is 2. The number of urea groups is 1. The van der Waals surface area contributed by atoms with Crippen molar-refractivity contribution in [3.05, 3.63) is 27.7 Å². The van der Waals surface area contributed by atoms with Gasteiger partial charge >= 0.3 is 6.03 Å². The van der Waals surface area contributed by atoms with Crippen LogP contribution in [-0.4, -0.2) is 40.8 Å². The van der Waals surface area contributed by atoms with Crippen molar-refractivity contribution >= 4 is 29.2 Å². The number of amides is 2. The first-order chi connectivity index (χ1) is 11.0. The number of benzene rings is 1. The lowest BCUT2D eigenvalue weighted by Gasteiger charge is -2.16. The molecule has 1 aromatic carbocycles. The number of rotatable bonds is 4. The molecule has 1 aliphatic rings. The van der Waals surface area contributed by atoms with Gasteiger partial charge in [-0.25, -0.2) is 4.79 Å². The Balaban J connectivity index is 0.00000112. The molecule has 23 heavy (non-hydrogen) atoms. The Bertz CT molecular complexity index is 498. The molecule has 2 amide bonds. The highest BCUT2D eigenvalue weighted by Gasteiger charge is 2.32. The van der Waals surface area contributed by atoms with E-state index in [1.54, 1.807) is 4.90 Å². The van der Waals surface area contributed by atoms with E-state index >= 15 is 0 Å². The van der Waals surface area contributed by atoms with Crippen molar-refractivity contribution < 1.29 is 15.0 Å². The summed E-state index contributed by atoms with van der Waals surface area (Å²) in [5, 5.41) is 22.0. The average molecular weight is 365 g/mol. The van der Waals surface area contributed by atoms with E-state index in [-0.39, 0.29) is 23.4 Å². The molecule has 1 unspecified atom stereocenters. The molecule has 132 valence electrons. The number of phenols is 1. The number of nitrogens with one attached hydrogen (secondary N) is 1. The van der Waals surface area contributed by atoms with Crippen LogP contribution in [0.25, 0.3) is 0 Å². The van der Waals surface area contributed by atoms with E-state index in [9.17, 15) is 9.90 Å². The van der Waals surface area contributed by atoms with Gasteiger partial charge in [0.05, 0.1) is 16.1 Å². The number of aliphatic hydroxyl groups excluding tert-OH is 1. The molecule has 0 bridgehead atoms. The number of phenolic OH excluding ortho intramolecular Hbond substituents is 1. The summed E-state index contributed by atoms with van der Waals surface area (Å²) in [6.45, 7) is 8.86. The highest BCUT2D eigenvalue weighted by Crippen LogP contribution is 2.38. The fraction of sp³-hybridized carbons (Fsp3) is 0.562. The molecule has 1 aromatic rings. The van der Waals surface area contributed by atoms with Gasteiger partial charge in [0.25, 0.3) is 0 Å². The van der Waals surface area contributed by atoms with Crippen LogP contribution >= 0.6 is 23.2 Å². The van der Waals surface area contributed by atoms with E-state index in [2.05, 4.69) is 5.32 Å². The quantitative estimate of drug-likeness (QED) is 0.749. The second kappa shape index (κ2) is 11.4. The molecule has 1 saturated heterocycles. The first kappa shape index (κ1) is 21.8. The summed E-state index contributed by atoms with van der Waals surface area (Å²) < 4.78 is 0. The van der Waals surface area contributed by atoms with E-state index in [1.807, 2.05) is 27.7 Å².